The minimum absolute atomic E-state index is 0.0689. The van der Waals surface area contributed by atoms with E-state index in [9.17, 15) is 32.3 Å². The monoisotopic (exact) mass is 673 g/mol. The van der Waals surface area contributed by atoms with E-state index in [-0.39, 0.29) is 42.8 Å². The van der Waals surface area contributed by atoms with Gasteiger partial charge in [0.2, 0.25) is 23.6 Å². The smallest absolute Gasteiger partial charge is 0.367 e. The molecule has 2 aromatic rings. The fourth-order valence-corrected chi connectivity index (χ4v) is 7.58. The second-order valence-corrected chi connectivity index (χ2v) is 13.2. The van der Waals surface area contributed by atoms with Crippen molar-refractivity contribution in [2.24, 2.45) is 5.92 Å². The van der Waals surface area contributed by atoms with Gasteiger partial charge in [-0.1, -0.05) is 24.2 Å². The number of benzene rings is 1. The van der Waals surface area contributed by atoms with E-state index < -0.39 is 41.1 Å². The van der Waals surface area contributed by atoms with Crippen LogP contribution in [-0.4, -0.2) is 115 Å². The summed E-state index contributed by atoms with van der Waals surface area (Å²) in [4.78, 5) is 66.9. The number of fused-ring (bicyclic) bond motifs is 2. The molecule has 0 unspecified atom stereocenters. The van der Waals surface area contributed by atoms with E-state index in [2.05, 4.69) is 11.6 Å². The molecule has 4 aliphatic heterocycles. The van der Waals surface area contributed by atoms with Gasteiger partial charge in [0.15, 0.2) is 0 Å². The highest BCUT2D eigenvalue weighted by molar-refractivity contribution is 6.34. The van der Waals surface area contributed by atoms with Crippen molar-refractivity contribution in [2.45, 2.75) is 31.1 Å². The lowest BCUT2D eigenvalue weighted by Crippen LogP contribution is -2.78. The van der Waals surface area contributed by atoms with E-state index in [4.69, 9.17) is 11.6 Å². The lowest BCUT2D eigenvalue weighted by molar-refractivity contribution is -0.163. The Balaban J connectivity index is 1.30. The van der Waals surface area contributed by atoms with E-state index in [1.54, 1.807) is 42.1 Å². The average Bonchev–Trinajstić information content (AvgIpc) is 3.32. The number of aryl methyl sites for hydroxylation is 1. The standard InChI is InChI=1S/C32H35ClF3N7O4/c1-5-25(44)42-17-31(18-42)16-40(15-27(46)39(31)4)9-10-41-14-20-12-26(45)43(24-13-21(32(34,35)36)11-19(2)37-24)28(20)30(47)38(3)23-8-6-7-22(33)29(23)41/h5-8,11,13,20,28H,1,9-10,12,14-18H2,2-4H3/t20-,28+/m1/s1. The van der Waals surface area contributed by atoms with Crippen LogP contribution < -0.4 is 14.7 Å². The minimum atomic E-state index is -4.67. The topological polar surface area (TPSA) is 101 Å². The Morgan fingerprint density at radius 3 is 2.51 bits per heavy atom. The van der Waals surface area contributed by atoms with Crippen molar-refractivity contribution in [2.75, 3.05) is 74.6 Å². The molecule has 0 aliphatic carbocycles. The van der Waals surface area contributed by atoms with Crippen LogP contribution in [0.3, 0.4) is 0 Å². The number of hydrogen-bond acceptors (Lipinski definition) is 7. The Hall–Kier alpha value is -4.17. The van der Waals surface area contributed by atoms with Crippen molar-refractivity contribution < 1.29 is 32.3 Å². The zero-order valence-corrected chi connectivity index (χ0v) is 27.0. The van der Waals surface area contributed by atoms with Gasteiger partial charge in [0.05, 0.1) is 34.0 Å². The number of carbonyl (C=O) groups excluding carboxylic acids is 4. The first-order valence-electron chi connectivity index (χ1n) is 15.2. The van der Waals surface area contributed by atoms with Gasteiger partial charge in [-0.05, 0) is 37.3 Å². The van der Waals surface area contributed by atoms with Crippen LogP contribution in [0.25, 0.3) is 0 Å². The zero-order valence-electron chi connectivity index (χ0n) is 26.3. The highest BCUT2D eigenvalue weighted by Crippen LogP contribution is 2.43. The molecule has 4 aliphatic rings. The molecule has 47 heavy (non-hydrogen) atoms. The number of pyridine rings is 1. The van der Waals surface area contributed by atoms with E-state index >= 15 is 0 Å². The number of aromatic nitrogens is 1. The molecule has 6 rings (SSSR count). The molecule has 250 valence electrons. The summed E-state index contributed by atoms with van der Waals surface area (Å²) in [5.41, 5.74) is -0.337. The van der Waals surface area contributed by atoms with Gasteiger partial charge in [-0.25, -0.2) is 4.98 Å². The van der Waals surface area contributed by atoms with Crippen LogP contribution in [0.4, 0.5) is 30.4 Å². The normalized spacial score (nSPS) is 23.0. The molecule has 1 aromatic heterocycles. The Morgan fingerprint density at radius 1 is 1.11 bits per heavy atom. The third kappa shape index (κ3) is 5.71. The number of hydrogen-bond donors (Lipinski definition) is 0. The van der Waals surface area contributed by atoms with Gasteiger partial charge in [-0.15, -0.1) is 0 Å². The highest BCUT2D eigenvalue weighted by Gasteiger charge is 2.53. The molecule has 2 atom stereocenters. The first kappa shape index (κ1) is 32.8. The second kappa shape index (κ2) is 11.8. The summed E-state index contributed by atoms with van der Waals surface area (Å²) in [6, 6.07) is 5.75. The highest BCUT2D eigenvalue weighted by atomic mass is 35.5. The molecule has 0 saturated carbocycles. The lowest BCUT2D eigenvalue weighted by atomic mass is 9.85. The van der Waals surface area contributed by atoms with Gasteiger partial charge < -0.3 is 19.6 Å². The number of rotatable bonds is 5. The number of likely N-dealkylation sites (N-methyl/N-ethyl adjacent to an activating group) is 2. The maximum atomic E-state index is 14.1. The Bertz CT molecular complexity index is 1660. The summed E-state index contributed by atoms with van der Waals surface area (Å²) in [5.74, 6) is -2.04. The van der Waals surface area contributed by atoms with Crippen LogP contribution in [0.5, 0.6) is 0 Å². The van der Waals surface area contributed by atoms with Crippen LogP contribution in [0.15, 0.2) is 43.0 Å². The molecule has 11 nitrogen and oxygen atoms in total. The van der Waals surface area contributed by atoms with Crippen molar-refractivity contribution in [3.8, 4) is 0 Å². The molecule has 15 heteroatoms. The van der Waals surface area contributed by atoms with E-state index in [0.29, 0.717) is 49.1 Å². The van der Waals surface area contributed by atoms with Gasteiger partial charge in [-0.3, -0.25) is 29.0 Å². The number of alkyl halides is 3. The SMILES string of the molecule is C=CC(=O)N1CC2(CN(CCN3C[C@H]4CC(=O)N(c5cc(C(F)(F)F)cc(C)n5)[C@@H]4C(=O)N(C)c4cccc(Cl)c43)CC(=O)N2C)C1. The molecule has 3 saturated heterocycles. The largest absolute Gasteiger partial charge is 0.416 e. The number of anilines is 3. The van der Waals surface area contributed by atoms with E-state index in [0.717, 1.165) is 17.0 Å². The first-order valence-corrected chi connectivity index (χ1v) is 15.6. The number of para-hydroxylation sites is 1. The van der Waals surface area contributed by atoms with Crippen molar-refractivity contribution in [1.29, 1.82) is 0 Å². The average molecular weight is 674 g/mol. The van der Waals surface area contributed by atoms with Crippen molar-refractivity contribution in [1.82, 2.24) is 19.7 Å². The summed E-state index contributed by atoms with van der Waals surface area (Å²) in [6.45, 7) is 7.47. The predicted molar refractivity (Wildman–Crippen MR) is 169 cm³/mol. The van der Waals surface area contributed by atoms with Gasteiger partial charge >= 0.3 is 6.18 Å². The van der Waals surface area contributed by atoms with Gasteiger partial charge in [0, 0.05) is 71.4 Å². The Morgan fingerprint density at radius 2 is 1.83 bits per heavy atom. The molecule has 1 aromatic carbocycles. The quantitative estimate of drug-likeness (QED) is 0.450. The first-order chi connectivity index (χ1) is 22.1. The molecular weight excluding hydrogens is 639 g/mol. The fraction of sp³-hybridized carbons (Fsp3) is 0.469. The Labute approximate surface area is 275 Å². The zero-order chi connectivity index (χ0) is 34.0. The predicted octanol–water partition coefficient (Wildman–Crippen LogP) is 2.81. The van der Waals surface area contributed by atoms with Crippen LogP contribution in [0, 0.1) is 12.8 Å². The molecule has 3 fully saturated rings. The summed E-state index contributed by atoms with van der Waals surface area (Å²) in [5, 5.41) is 0.389. The molecule has 4 amide bonds. The van der Waals surface area contributed by atoms with E-state index in [1.807, 2.05) is 9.80 Å². The van der Waals surface area contributed by atoms with Crippen LogP contribution in [0.1, 0.15) is 17.7 Å². The second-order valence-electron chi connectivity index (χ2n) is 12.8. The molecule has 0 bridgehead atoms. The van der Waals surface area contributed by atoms with Crippen molar-refractivity contribution >= 4 is 52.4 Å². The molecule has 0 N–H and O–H groups in total. The van der Waals surface area contributed by atoms with Crippen molar-refractivity contribution in [3.05, 3.63) is 59.3 Å². The number of nitrogens with zero attached hydrogens (tertiary/aromatic N) is 7. The third-order valence-electron chi connectivity index (χ3n) is 9.73. The number of piperazine rings is 1. The molecular formula is C32H35ClF3N7O4. The number of likely N-dealkylation sites (tertiary alicyclic amines) is 1. The fourth-order valence-electron chi connectivity index (χ4n) is 7.29. The minimum Gasteiger partial charge on any atom is -0.367 e. The van der Waals surface area contributed by atoms with Crippen LogP contribution in [-0.2, 0) is 25.4 Å². The molecule has 1 spiro atoms. The Kier molecular flexibility index (Phi) is 8.23. The molecule has 5 heterocycles. The van der Waals surface area contributed by atoms with Gasteiger partial charge in [0.1, 0.15) is 11.9 Å². The van der Waals surface area contributed by atoms with Gasteiger partial charge in [-0.2, -0.15) is 13.2 Å². The summed E-state index contributed by atoms with van der Waals surface area (Å²) in [6.07, 6.45) is -3.49. The molecule has 0 radical (unpaired) electrons. The van der Waals surface area contributed by atoms with E-state index in [1.165, 1.54) is 17.9 Å². The summed E-state index contributed by atoms with van der Waals surface area (Å²) >= 11 is 6.76. The number of amides is 4. The lowest BCUT2D eigenvalue weighted by Gasteiger charge is -2.58. The van der Waals surface area contributed by atoms with Crippen molar-refractivity contribution in [3.63, 3.8) is 0 Å². The summed E-state index contributed by atoms with van der Waals surface area (Å²) in [7, 11) is 3.31. The maximum absolute atomic E-state index is 14.1. The number of carbonyl (C=O) groups is 4. The van der Waals surface area contributed by atoms with Crippen LogP contribution in [0.2, 0.25) is 5.02 Å². The third-order valence-corrected chi connectivity index (χ3v) is 10.0. The maximum Gasteiger partial charge on any atom is 0.416 e. The summed E-state index contributed by atoms with van der Waals surface area (Å²) < 4.78 is 41.2. The van der Waals surface area contributed by atoms with Crippen LogP contribution >= 0.6 is 11.6 Å². The number of halogens is 4. The van der Waals surface area contributed by atoms with Gasteiger partial charge in [0.25, 0.3) is 0 Å².